The molecule has 0 aliphatic carbocycles. The highest BCUT2D eigenvalue weighted by molar-refractivity contribution is 7.99. The number of non-ortho nitro benzene ring substituents is 1. The Labute approximate surface area is 120 Å². The Morgan fingerprint density at radius 2 is 1.45 bits per heavy atom. The molecule has 98 valence electrons. The van der Waals surface area contributed by atoms with E-state index in [-0.39, 0.29) is 10.6 Å². The molecule has 0 aliphatic rings. The van der Waals surface area contributed by atoms with Gasteiger partial charge in [0, 0.05) is 21.9 Å². The molecule has 0 radical (unpaired) electrons. The molecule has 0 amide bonds. The van der Waals surface area contributed by atoms with Crippen LogP contribution in [0.1, 0.15) is 0 Å². The van der Waals surface area contributed by atoms with Gasteiger partial charge >= 0.3 is 0 Å². The van der Waals surface area contributed by atoms with E-state index in [9.17, 15) is 10.1 Å². The number of nitro benzene ring substituents is 1. The summed E-state index contributed by atoms with van der Waals surface area (Å²) < 4.78 is 0. The first-order valence-electron chi connectivity index (χ1n) is 6.13. The number of benzene rings is 3. The van der Waals surface area contributed by atoms with Crippen LogP contribution in [0.5, 0.6) is 0 Å². The molecule has 3 nitrogen and oxygen atoms in total. The van der Waals surface area contributed by atoms with Crippen molar-refractivity contribution in [3.63, 3.8) is 0 Å². The quantitative estimate of drug-likeness (QED) is 0.506. The molecule has 0 spiro atoms. The normalized spacial score (nSPS) is 10.6. The standard InChI is InChI=1S/C16H11NO2S/c18-17(19)14-6-9-15(10-7-14)20-16-8-5-12-3-1-2-4-13(12)11-16/h1-11H. The largest absolute Gasteiger partial charge is 0.269 e. The van der Waals surface area contributed by atoms with Crippen molar-refractivity contribution in [2.24, 2.45) is 0 Å². The maximum atomic E-state index is 10.6. The molecule has 3 rings (SSSR count). The van der Waals surface area contributed by atoms with Gasteiger partial charge < -0.3 is 0 Å². The Morgan fingerprint density at radius 3 is 2.15 bits per heavy atom. The average Bonchev–Trinajstić information content (AvgIpc) is 2.48. The van der Waals surface area contributed by atoms with Gasteiger partial charge in [0.15, 0.2) is 0 Å². The number of nitro groups is 1. The van der Waals surface area contributed by atoms with Crippen LogP contribution in [0.25, 0.3) is 10.8 Å². The van der Waals surface area contributed by atoms with Crippen molar-refractivity contribution in [1.82, 2.24) is 0 Å². The zero-order chi connectivity index (χ0) is 13.9. The van der Waals surface area contributed by atoms with Crippen LogP contribution in [-0.4, -0.2) is 4.92 Å². The van der Waals surface area contributed by atoms with E-state index >= 15 is 0 Å². The van der Waals surface area contributed by atoms with Crippen LogP contribution >= 0.6 is 11.8 Å². The van der Waals surface area contributed by atoms with E-state index in [0.717, 1.165) is 9.79 Å². The van der Waals surface area contributed by atoms with Crippen molar-refractivity contribution in [2.75, 3.05) is 0 Å². The van der Waals surface area contributed by atoms with E-state index in [0.29, 0.717) is 0 Å². The minimum Gasteiger partial charge on any atom is -0.258 e. The minimum absolute atomic E-state index is 0.118. The second kappa shape index (κ2) is 5.35. The SMILES string of the molecule is O=[N+]([O-])c1ccc(Sc2ccc3ccccc3c2)cc1. The number of hydrogen-bond acceptors (Lipinski definition) is 3. The van der Waals surface area contributed by atoms with Gasteiger partial charge in [-0.2, -0.15) is 0 Å². The van der Waals surface area contributed by atoms with Crippen molar-refractivity contribution >= 4 is 28.2 Å². The maximum Gasteiger partial charge on any atom is 0.269 e. The molecule has 0 unspecified atom stereocenters. The molecule has 0 bridgehead atoms. The molecular weight excluding hydrogens is 270 g/mol. The van der Waals surface area contributed by atoms with Crippen LogP contribution in [0.4, 0.5) is 5.69 Å². The lowest BCUT2D eigenvalue weighted by atomic mass is 10.1. The third-order valence-corrected chi connectivity index (χ3v) is 4.00. The number of hydrogen-bond donors (Lipinski definition) is 0. The van der Waals surface area contributed by atoms with Crippen molar-refractivity contribution in [1.29, 1.82) is 0 Å². The number of rotatable bonds is 3. The molecular formula is C16H11NO2S. The molecule has 0 aromatic heterocycles. The predicted octanol–water partition coefficient (Wildman–Crippen LogP) is 4.90. The molecule has 0 fully saturated rings. The second-order valence-electron chi connectivity index (χ2n) is 4.36. The van der Waals surface area contributed by atoms with Gasteiger partial charge in [0.05, 0.1) is 4.92 Å². The lowest BCUT2D eigenvalue weighted by molar-refractivity contribution is -0.384. The predicted molar refractivity (Wildman–Crippen MR) is 81.2 cm³/mol. The molecule has 3 aromatic carbocycles. The number of nitrogens with zero attached hydrogens (tertiary/aromatic N) is 1. The van der Waals surface area contributed by atoms with E-state index in [1.54, 1.807) is 23.9 Å². The van der Waals surface area contributed by atoms with E-state index in [2.05, 4.69) is 30.3 Å². The Bertz CT molecular complexity index is 769. The summed E-state index contributed by atoms with van der Waals surface area (Å²) in [6, 6.07) is 21.1. The molecule has 4 heteroatoms. The Kier molecular flexibility index (Phi) is 3.39. The Morgan fingerprint density at radius 1 is 0.800 bits per heavy atom. The monoisotopic (exact) mass is 281 g/mol. The lowest BCUT2D eigenvalue weighted by Gasteiger charge is -2.03. The van der Waals surface area contributed by atoms with Gasteiger partial charge in [-0.25, -0.2) is 0 Å². The smallest absolute Gasteiger partial charge is 0.258 e. The fourth-order valence-electron chi connectivity index (χ4n) is 2.00. The summed E-state index contributed by atoms with van der Waals surface area (Å²) in [5.74, 6) is 0. The van der Waals surface area contributed by atoms with Crippen LogP contribution in [0.3, 0.4) is 0 Å². The molecule has 0 saturated heterocycles. The summed E-state index contributed by atoms with van der Waals surface area (Å²) in [5, 5.41) is 13.0. The Balaban J connectivity index is 1.87. The highest BCUT2D eigenvalue weighted by atomic mass is 32.2. The zero-order valence-corrected chi connectivity index (χ0v) is 11.3. The second-order valence-corrected chi connectivity index (χ2v) is 5.51. The Hall–Kier alpha value is -2.33. The minimum atomic E-state index is -0.384. The van der Waals surface area contributed by atoms with Crippen LogP contribution in [-0.2, 0) is 0 Å². The first kappa shape index (κ1) is 12.7. The van der Waals surface area contributed by atoms with Crippen molar-refractivity contribution < 1.29 is 4.92 Å². The first-order valence-corrected chi connectivity index (χ1v) is 6.95. The summed E-state index contributed by atoms with van der Waals surface area (Å²) >= 11 is 1.60. The van der Waals surface area contributed by atoms with Gasteiger partial charge in [0.1, 0.15) is 0 Å². The summed E-state index contributed by atoms with van der Waals surface area (Å²) in [5.41, 5.74) is 0.118. The van der Waals surface area contributed by atoms with Crippen LogP contribution < -0.4 is 0 Å². The molecule has 0 heterocycles. The summed E-state index contributed by atoms with van der Waals surface area (Å²) in [7, 11) is 0. The first-order chi connectivity index (χ1) is 9.72. The van der Waals surface area contributed by atoms with Crippen LogP contribution in [0, 0.1) is 10.1 Å². The van der Waals surface area contributed by atoms with E-state index in [1.807, 2.05) is 12.1 Å². The average molecular weight is 281 g/mol. The van der Waals surface area contributed by atoms with Crippen LogP contribution in [0.15, 0.2) is 76.5 Å². The van der Waals surface area contributed by atoms with Crippen molar-refractivity contribution in [3.8, 4) is 0 Å². The fraction of sp³-hybridized carbons (Fsp3) is 0. The van der Waals surface area contributed by atoms with Gasteiger partial charge in [-0.1, -0.05) is 42.1 Å². The third kappa shape index (κ3) is 2.65. The number of fused-ring (bicyclic) bond motifs is 1. The molecule has 3 aromatic rings. The lowest BCUT2D eigenvalue weighted by Crippen LogP contribution is -1.86. The zero-order valence-electron chi connectivity index (χ0n) is 10.5. The van der Waals surface area contributed by atoms with E-state index < -0.39 is 0 Å². The summed E-state index contributed by atoms with van der Waals surface area (Å²) in [4.78, 5) is 12.3. The van der Waals surface area contributed by atoms with Crippen LogP contribution in [0.2, 0.25) is 0 Å². The molecule has 20 heavy (non-hydrogen) atoms. The summed E-state index contributed by atoms with van der Waals surface area (Å²) in [6.45, 7) is 0. The van der Waals surface area contributed by atoms with E-state index in [4.69, 9.17) is 0 Å². The maximum absolute atomic E-state index is 10.6. The van der Waals surface area contributed by atoms with Gasteiger partial charge in [-0.05, 0) is 35.0 Å². The highest BCUT2D eigenvalue weighted by Gasteiger charge is 2.05. The molecule has 0 saturated carbocycles. The molecule has 0 aliphatic heterocycles. The molecule has 0 N–H and O–H groups in total. The summed E-state index contributed by atoms with van der Waals surface area (Å²) in [6.07, 6.45) is 0. The van der Waals surface area contributed by atoms with Gasteiger partial charge in [0.25, 0.3) is 5.69 Å². The van der Waals surface area contributed by atoms with Gasteiger partial charge in [0.2, 0.25) is 0 Å². The third-order valence-electron chi connectivity index (χ3n) is 3.00. The fourth-order valence-corrected chi connectivity index (χ4v) is 2.87. The van der Waals surface area contributed by atoms with Gasteiger partial charge in [-0.15, -0.1) is 0 Å². The highest BCUT2D eigenvalue weighted by Crippen LogP contribution is 2.31. The molecule has 0 atom stereocenters. The van der Waals surface area contributed by atoms with Crippen molar-refractivity contribution in [3.05, 3.63) is 76.8 Å². The topological polar surface area (TPSA) is 43.1 Å². The van der Waals surface area contributed by atoms with E-state index in [1.165, 1.54) is 22.9 Å². The van der Waals surface area contributed by atoms with Crippen molar-refractivity contribution in [2.45, 2.75) is 9.79 Å². The van der Waals surface area contributed by atoms with Gasteiger partial charge in [-0.3, -0.25) is 10.1 Å².